The number of benzene rings is 3. The Morgan fingerprint density at radius 3 is 2.37 bits per heavy atom. The van der Waals surface area contributed by atoms with E-state index in [1.165, 1.54) is 12.8 Å². The Morgan fingerprint density at radius 2 is 1.66 bits per heavy atom. The molecule has 7 heteroatoms. The zero-order valence-corrected chi connectivity index (χ0v) is 21.9. The quantitative estimate of drug-likeness (QED) is 0.240. The summed E-state index contributed by atoms with van der Waals surface area (Å²) in [6, 6.07) is 24.4. The van der Waals surface area contributed by atoms with E-state index in [0.29, 0.717) is 19.1 Å². The van der Waals surface area contributed by atoms with Gasteiger partial charge in [0.25, 0.3) is 0 Å². The van der Waals surface area contributed by atoms with Gasteiger partial charge in [0.1, 0.15) is 11.5 Å². The Morgan fingerprint density at radius 1 is 0.921 bits per heavy atom. The third kappa shape index (κ3) is 6.05. The number of hydrogen-bond donors (Lipinski definition) is 0. The van der Waals surface area contributed by atoms with Crippen LogP contribution >= 0.6 is 0 Å². The van der Waals surface area contributed by atoms with Crippen molar-refractivity contribution in [1.82, 2.24) is 15.0 Å². The fraction of sp³-hybridized carbons (Fsp3) is 0.323. The van der Waals surface area contributed by atoms with Gasteiger partial charge in [0.05, 0.1) is 32.1 Å². The second-order valence-corrected chi connectivity index (χ2v) is 9.54. The van der Waals surface area contributed by atoms with Crippen LogP contribution in [-0.2, 0) is 17.7 Å². The highest BCUT2D eigenvalue weighted by molar-refractivity contribution is 5.88. The van der Waals surface area contributed by atoms with Gasteiger partial charge in [-0.2, -0.15) is 0 Å². The summed E-state index contributed by atoms with van der Waals surface area (Å²) in [6.45, 7) is 2.55. The van der Waals surface area contributed by atoms with E-state index in [-0.39, 0.29) is 12.3 Å². The summed E-state index contributed by atoms with van der Waals surface area (Å²) in [5.41, 5.74) is 5.28. The van der Waals surface area contributed by atoms with Crippen LogP contribution in [0.25, 0.3) is 11.1 Å². The molecule has 0 radical (unpaired) electrons. The van der Waals surface area contributed by atoms with E-state index >= 15 is 0 Å². The third-order valence-corrected chi connectivity index (χ3v) is 6.90. The summed E-state index contributed by atoms with van der Waals surface area (Å²) in [7, 11) is 1.64. The van der Waals surface area contributed by atoms with Gasteiger partial charge >= 0.3 is 5.97 Å². The molecule has 3 aromatic carbocycles. The summed E-state index contributed by atoms with van der Waals surface area (Å²) in [6.07, 6.45) is 5.60. The lowest BCUT2D eigenvalue weighted by atomic mass is 10.0. The smallest absolute Gasteiger partial charge is 0.360 e. The largest absolute Gasteiger partial charge is 0.497 e. The molecule has 0 N–H and O–H groups in total. The number of esters is 1. The molecule has 1 aliphatic rings. The molecule has 5 rings (SSSR count). The fourth-order valence-corrected chi connectivity index (χ4v) is 4.85. The lowest BCUT2D eigenvalue weighted by Gasteiger charge is -2.14. The zero-order chi connectivity index (χ0) is 26.3. The van der Waals surface area contributed by atoms with Gasteiger partial charge in [-0.1, -0.05) is 53.7 Å². The second kappa shape index (κ2) is 11.9. The summed E-state index contributed by atoms with van der Waals surface area (Å²) in [4.78, 5) is 12.6. The van der Waals surface area contributed by atoms with Crippen molar-refractivity contribution in [3.8, 4) is 22.6 Å². The van der Waals surface area contributed by atoms with E-state index in [2.05, 4.69) is 46.7 Å². The van der Waals surface area contributed by atoms with Crippen molar-refractivity contribution in [2.75, 3.05) is 13.7 Å². The molecule has 0 aliphatic heterocycles. The molecule has 1 heterocycles. The maximum absolute atomic E-state index is 12.6. The number of methoxy groups -OCH3 is 1. The molecule has 1 aliphatic carbocycles. The lowest BCUT2D eigenvalue weighted by molar-refractivity contribution is 0.0518. The summed E-state index contributed by atoms with van der Waals surface area (Å²) in [5.74, 6) is 1.25. The van der Waals surface area contributed by atoms with Crippen LogP contribution in [0.3, 0.4) is 0 Å². The molecular formula is C31H33N3O4. The average Bonchev–Trinajstić information content (AvgIpc) is 3.60. The Hall–Kier alpha value is -4.13. The molecule has 1 saturated carbocycles. The Balaban J connectivity index is 1.35. The van der Waals surface area contributed by atoms with Gasteiger partial charge in [0, 0.05) is 6.42 Å². The normalized spacial score (nSPS) is 13.4. The van der Waals surface area contributed by atoms with E-state index < -0.39 is 5.97 Å². The van der Waals surface area contributed by atoms with Crippen molar-refractivity contribution < 1.29 is 19.0 Å². The minimum atomic E-state index is -0.459. The molecule has 4 aromatic rings. The first kappa shape index (κ1) is 25.5. The van der Waals surface area contributed by atoms with E-state index in [1.54, 1.807) is 18.7 Å². The predicted molar refractivity (Wildman–Crippen MR) is 146 cm³/mol. The third-order valence-electron chi connectivity index (χ3n) is 6.90. The molecule has 0 spiro atoms. The first-order valence-corrected chi connectivity index (χ1v) is 13.2. The molecule has 0 atom stereocenters. The van der Waals surface area contributed by atoms with Crippen molar-refractivity contribution in [3.63, 3.8) is 0 Å². The van der Waals surface area contributed by atoms with Gasteiger partial charge in [-0.25, -0.2) is 9.48 Å². The first-order chi connectivity index (χ1) is 18.6. The van der Waals surface area contributed by atoms with Gasteiger partial charge in [-0.15, -0.1) is 5.10 Å². The molecule has 0 unspecified atom stereocenters. The summed E-state index contributed by atoms with van der Waals surface area (Å²) in [5, 5.41) is 8.47. The molecule has 196 valence electrons. The van der Waals surface area contributed by atoms with E-state index in [4.69, 9.17) is 14.2 Å². The Labute approximate surface area is 223 Å². The Bertz CT molecular complexity index is 1360. The highest BCUT2D eigenvalue weighted by Gasteiger charge is 2.21. The lowest BCUT2D eigenvalue weighted by Crippen LogP contribution is -2.12. The summed E-state index contributed by atoms with van der Waals surface area (Å²) < 4.78 is 18.5. The highest BCUT2D eigenvalue weighted by Crippen LogP contribution is 2.29. The van der Waals surface area contributed by atoms with Crippen LogP contribution in [0.15, 0.2) is 72.8 Å². The average molecular weight is 512 g/mol. The molecule has 0 bridgehead atoms. The SMILES string of the molecule is CCOC(=O)c1nnn(Cc2ccc(OC)cc2)c1Cc1ccc(-c2cccc(OC3CCCC3)c2)cc1. The van der Waals surface area contributed by atoms with Crippen molar-refractivity contribution in [1.29, 1.82) is 0 Å². The van der Waals surface area contributed by atoms with Crippen LogP contribution in [0.5, 0.6) is 11.5 Å². The number of carbonyl (C=O) groups excluding carboxylic acids is 1. The molecule has 1 fully saturated rings. The minimum Gasteiger partial charge on any atom is -0.497 e. The molecule has 38 heavy (non-hydrogen) atoms. The van der Waals surface area contributed by atoms with Gasteiger partial charge < -0.3 is 14.2 Å². The molecule has 1 aromatic heterocycles. The number of carbonyl (C=O) groups is 1. The molecule has 0 amide bonds. The number of aromatic nitrogens is 3. The van der Waals surface area contributed by atoms with Crippen molar-refractivity contribution >= 4 is 5.97 Å². The van der Waals surface area contributed by atoms with Crippen LogP contribution in [0.4, 0.5) is 0 Å². The van der Waals surface area contributed by atoms with Crippen LogP contribution in [0.1, 0.15) is 59.9 Å². The Kier molecular flexibility index (Phi) is 8.02. The maximum Gasteiger partial charge on any atom is 0.360 e. The van der Waals surface area contributed by atoms with Crippen molar-refractivity contribution in [3.05, 3.63) is 95.3 Å². The minimum absolute atomic E-state index is 0.251. The van der Waals surface area contributed by atoms with Crippen LogP contribution < -0.4 is 9.47 Å². The van der Waals surface area contributed by atoms with Crippen LogP contribution in [0, 0.1) is 0 Å². The molecular weight excluding hydrogens is 478 g/mol. The number of rotatable bonds is 10. The number of hydrogen-bond acceptors (Lipinski definition) is 6. The zero-order valence-electron chi connectivity index (χ0n) is 21.9. The molecule has 0 saturated heterocycles. The standard InChI is InChI=1S/C31H33N3O4/c1-3-37-31(35)30-29(34(33-32-30)21-23-13-17-26(36-2)18-14-23)19-22-11-15-24(16-12-22)25-7-6-10-28(20-25)38-27-8-4-5-9-27/h6-7,10-18,20,27H,3-5,8-9,19,21H2,1-2H3. The van der Waals surface area contributed by atoms with E-state index in [1.807, 2.05) is 36.4 Å². The molecule has 7 nitrogen and oxygen atoms in total. The number of nitrogens with zero attached hydrogens (tertiary/aromatic N) is 3. The monoisotopic (exact) mass is 511 g/mol. The van der Waals surface area contributed by atoms with Gasteiger partial charge in [0.15, 0.2) is 5.69 Å². The van der Waals surface area contributed by atoms with Gasteiger partial charge in [0.2, 0.25) is 0 Å². The first-order valence-electron chi connectivity index (χ1n) is 13.2. The van der Waals surface area contributed by atoms with Crippen LogP contribution in [-0.4, -0.2) is 40.8 Å². The topological polar surface area (TPSA) is 75.5 Å². The predicted octanol–water partition coefficient (Wildman–Crippen LogP) is 6.09. The van der Waals surface area contributed by atoms with E-state index in [0.717, 1.165) is 52.3 Å². The fourth-order valence-electron chi connectivity index (χ4n) is 4.85. The van der Waals surface area contributed by atoms with Gasteiger partial charge in [-0.3, -0.25) is 0 Å². The van der Waals surface area contributed by atoms with Crippen molar-refractivity contribution in [2.24, 2.45) is 0 Å². The van der Waals surface area contributed by atoms with Crippen molar-refractivity contribution in [2.45, 2.75) is 51.7 Å². The van der Waals surface area contributed by atoms with E-state index in [9.17, 15) is 4.79 Å². The number of ether oxygens (including phenoxy) is 3. The second-order valence-electron chi connectivity index (χ2n) is 9.54. The maximum atomic E-state index is 12.6. The highest BCUT2D eigenvalue weighted by atomic mass is 16.5. The summed E-state index contributed by atoms with van der Waals surface area (Å²) >= 11 is 0. The van der Waals surface area contributed by atoms with Crippen LogP contribution in [0.2, 0.25) is 0 Å². The van der Waals surface area contributed by atoms with Gasteiger partial charge in [-0.05, 0) is 79.1 Å².